The van der Waals surface area contributed by atoms with Crippen molar-refractivity contribution >= 4 is 23.6 Å². The summed E-state index contributed by atoms with van der Waals surface area (Å²) in [5, 5.41) is 12.1. The Morgan fingerprint density at radius 1 is 0.933 bits per heavy atom. The van der Waals surface area contributed by atoms with E-state index >= 15 is 0 Å². The number of nitrogens with zero attached hydrogens (tertiary/aromatic N) is 1. The number of hydrogen-bond acceptors (Lipinski definition) is 4. The summed E-state index contributed by atoms with van der Waals surface area (Å²) in [5.74, 6) is -0.664. The summed E-state index contributed by atoms with van der Waals surface area (Å²) < 4.78 is 5.41. The third kappa shape index (κ3) is 5.43. The van der Waals surface area contributed by atoms with E-state index in [1.54, 1.807) is 48.5 Å². The van der Waals surface area contributed by atoms with Gasteiger partial charge in [-0.3, -0.25) is 4.79 Å². The molecule has 148 valence electrons. The summed E-state index contributed by atoms with van der Waals surface area (Å²) >= 11 is 0. The molecule has 1 amide bonds. The van der Waals surface area contributed by atoms with Gasteiger partial charge in [-0.05, 0) is 61.9 Å². The van der Waals surface area contributed by atoms with E-state index in [-0.39, 0.29) is 5.57 Å². The predicted octanol–water partition coefficient (Wildman–Crippen LogP) is 5.07. The van der Waals surface area contributed by atoms with Crippen LogP contribution in [0.15, 0.2) is 78.4 Å². The molecule has 0 radical (unpaired) electrons. The molecule has 0 fully saturated rings. The summed E-state index contributed by atoms with van der Waals surface area (Å²) in [7, 11) is 0. The third-order valence-corrected chi connectivity index (χ3v) is 4.34. The van der Waals surface area contributed by atoms with Crippen LogP contribution in [0.2, 0.25) is 0 Å². The Hall–Kier alpha value is -4.17. The van der Waals surface area contributed by atoms with E-state index in [4.69, 9.17) is 4.74 Å². The maximum atomic E-state index is 12.4. The molecule has 3 aromatic carbocycles. The fourth-order valence-corrected chi connectivity index (χ4v) is 2.67. The van der Waals surface area contributed by atoms with Gasteiger partial charge in [0, 0.05) is 5.69 Å². The fourth-order valence-electron chi connectivity index (χ4n) is 2.67. The molecule has 30 heavy (non-hydrogen) atoms. The molecule has 5 heteroatoms. The molecule has 0 unspecified atom stereocenters. The van der Waals surface area contributed by atoms with Crippen LogP contribution in [0.5, 0.6) is 5.75 Å². The average Bonchev–Trinajstić information content (AvgIpc) is 2.74. The molecule has 1 N–H and O–H groups in total. The smallest absolute Gasteiger partial charge is 0.343 e. The van der Waals surface area contributed by atoms with Crippen molar-refractivity contribution < 1.29 is 14.3 Å². The first-order valence-corrected chi connectivity index (χ1v) is 9.33. The van der Waals surface area contributed by atoms with Crippen LogP contribution in [0, 0.1) is 25.2 Å². The standard InChI is InChI=1S/C25H20N2O3/c1-17-6-10-20(11-7-17)25(29)30-23-5-3-4-19(15-23)14-21(16-26)24(28)27-22-12-8-18(2)9-13-22/h3-15H,1-2H3,(H,27,28)/b21-14+. The maximum Gasteiger partial charge on any atom is 0.343 e. The van der Waals surface area contributed by atoms with Crippen molar-refractivity contribution in [2.24, 2.45) is 0 Å². The SMILES string of the molecule is Cc1ccc(NC(=O)/C(C#N)=C/c2cccc(OC(=O)c3ccc(C)cc3)c2)cc1. The van der Waals surface area contributed by atoms with Crippen LogP contribution >= 0.6 is 0 Å². The highest BCUT2D eigenvalue weighted by molar-refractivity contribution is 6.09. The zero-order chi connectivity index (χ0) is 21.5. The molecule has 0 bridgehead atoms. The lowest BCUT2D eigenvalue weighted by atomic mass is 10.1. The van der Waals surface area contributed by atoms with Crippen molar-refractivity contribution in [1.29, 1.82) is 5.26 Å². The van der Waals surface area contributed by atoms with E-state index in [0.717, 1.165) is 11.1 Å². The van der Waals surface area contributed by atoms with E-state index in [0.29, 0.717) is 22.6 Å². The van der Waals surface area contributed by atoms with Crippen LogP contribution in [0.1, 0.15) is 27.0 Å². The lowest BCUT2D eigenvalue weighted by Gasteiger charge is -2.07. The molecule has 0 spiro atoms. The Kier molecular flexibility index (Phi) is 6.41. The van der Waals surface area contributed by atoms with E-state index in [2.05, 4.69) is 5.32 Å². The van der Waals surface area contributed by atoms with Crippen LogP contribution < -0.4 is 10.1 Å². The van der Waals surface area contributed by atoms with Gasteiger partial charge >= 0.3 is 5.97 Å². The molecule has 0 aromatic heterocycles. The molecule has 0 atom stereocenters. The maximum absolute atomic E-state index is 12.4. The number of rotatable bonds is 5. The molecular weight excluding hydrogens is 376 g/mol. The largest absolute Gasteiger partial charge is 0.423 e. The van der Waals surface area contributed by atoms with Gasteiger partial charge < -0.3 is 10.1 Å². The monoisotopic (exact) mass is 396 g/mol. The number of amides is 1. The molecule has 3 rings (SSSR count). The summed E-state index contributed by atoms with van der Waals surface area (Å²) in [6.07, 6.45) is 1.45. The highest BCUT2D eigenvalue weighted by Crippen LogP contribution is 2.18. The van der Waals surface area contributed by atoms with Crippen molar-refractivity contribution in [1.82, 2.24) is 0 Å². The van der Waals surface area contributed by atoms with Crippen LogP contribution in [-0.2, 0) is 4.79 Å². The topological polar surface area (TPSA) is 79.2 Å². The summed E-state index contributed by atoms with van der Waals surface area (Å²) in [4.78, 5) is 24.7. The number of esters is 1. The van der Waals surface area contributed by atoms with Crippen LogP contribution in [0.25, 0.3) is 6.08 Å². The number of hydrogen-bond donors (Lipinski definition) is 1. The summed E-state index contributed by atoms with van der Waals surface area (Å²) in [6, 6.07) is 22.9. The number of ether oxygens (including phenoxy) is 1. The van der Waals surface area contributed by atoms with Gasteiger partial charge in [0.1, 0.15) is 17.4 Å². The molecule has 5 nitrogen and oxygen atoms in total. The minimum absolute atomic E-state index is 0.0578. The molecule has 0 saturated heterocycles. The first-order chi connectivity index (χ1) is 14.4. The third-order valence-electron chi connectivity index (χ3n) is 4.34. The second-order valence-electron chi connectivity index (χ2n) is 6.82. The molecule has 0 aliphatic heterocycles. The van der Waals surface area contributed by atoms with E-state index in [1.165, 1.54) is 6.08 Å². The Bertz CT molecular complexity index is 1140. The lowest BCUT2D eigenvalue weighted by molar-refractivity contribution is -0.112. The molecule has 0 aliphatic rings. The minimum atomic E-state index is -0.511. The minimum Gasteiger partial charge on any atom is -0.423 e. The molecule has 3 aromatic rings. The van der Waals surface area contributed by atoms with Crippen molar-refractivity contribution in [2.75, 3.05) is 5.32 Å². The number of carbonyl (C=O) groups is 2. The second-order valence-corrected chi connectivity index (χ2v) is 6.82. The zero-order valence-electron chi connectivity index (χ0n) is 16.7. The molecular formula is C25H20N2O3. The molecule has 0 heterocycles. The van der Waals surface area contributed by atoms with E-state index < -0.39 is 11.9 Å². The fraction of sp³-hybridized carbons (Fsp3) is 0.0800. The first kappa shape index (κ1) is 20.6. The van der Waals surface area contributed by atoms with Gasteiger partial charge in [-0.2, -0.15) is 5.26 Å². The number of benzene rings is 3. The van der Waals surface area contributed by atoms with Crippen LogP contribution in [0.3, 0.4) is 0 Å². The van der Waals surface area contributed by atoms with E-state index in [1.807, 2.05) is 44.2 Å². The zero-order valence-corrected chi connectivity index (χ0v) is 16.7. The quantitative estimate of drug-likeness (QED) is 0.283. The number of nitriles is 1. The highest BCUT2D eigenvalue weighted by atomic mass is 16.5. The van der Waals surface area contributed by atoms with Crippen molar-refractivity contribution in [3.63, 3.8) is 0 Å². The number of aryl methyl sites for hydroxylation is 2. The van der Waals surface area contributed by atoms with E-state index in [9.17, 15) is 14.9 Å². The normalized spacial score (nSPS) is 10.8. The Labute approximate surface area is 175 Å². The molecule has 0 saturated carbocycles. The average molecular weight is 396 g/mol. The van der Waals surface area contributed by atoms with Gasteiger partial charge in [-0.25, -0.2) is 4.79 Å². The molecule has 0 aliphatic carbocycles. The number of nitrogens with one attached hydrogen (secondary N) is 1. The predicted molar refractivity (Wildman–Crippen MR) is 116 cm³/mol. The van der Waals surface area contributed by atoms with Crippen molar-refractivity contribution in [3.8, 4) is 11.8 Å². The van der Waals surface area contributed by atoms with Crippen molar-refractivity contribution in [2.45, 2.75) is 13.8 Å². The van der Waals surface area contributed by atoms with Crippen LogP contribution in [-0.4, -0.2) is 11.9 Å². The number of carbonyl (C=O) groups excluding carboxylic acids is 2. The van der Waals surface area contributed by atoms with Gasteiger partial charge in [0.2, 0.25) is 0 Å². The first-order valence-electron chi connectivity index (χ1n) is 9.33. The van der Waals surface area contributed by atoms with Gasteiger partial charge in [0.05, 0.1) is 5.56 Å². The number of anilines is 1. The Morgan fingerprint density at radius 2 is 1.57 bits per heavy atom. The summed E-state index contributed by atoms with van der Waals surface area (Å²) in [6.45, 7) is 3.89. The lowest BCUT2D eigenvalue weighted by Crippen LogP contribution is -2.13. The van der Waals surface area contributed by atoms with Crippen molar-refractivity contribution in [3.05, 3.63) is 101 Å². The second kappa shape index (κ2) is 9.35. The highest BCUT2D eigenvalue weighted by Gasteiger charge is 2.11. The van der Waals surface area contributed by atoms with Gasteiger partial charge in [0.25, 0.3) is 5.91 Å². The Morgan fingerprint density at radius 3 is 2.20 bits per heavy atom. The summed E-state index contributed by atoms with van der Waals surface area (Å²) in [5.41, 5.74) is 3.68. The Balaban J connectivity index is 1.74. The van der Waals surface area contributed by atoms with Gasteiger partial charge in [-0.1, -0.05) is 47.5 Å². The van der Waals surface area contributed by atoms with Gasteiger partial charge in [0.15, 0.2) is 0 Å². The van der Waals surface area contributed by atoms with Gasteiger partial charge in [-0.15, -0.1) is 0 Å². The van der Waals surface area contributed by atoms with Crippen LogP contribution in [0.4, 0.5) is 5.69 Å².